The number of hydrogen-bond acceptors (Lipinski definition) is 2. The Morgan fingerprint density at radius 2 is 2.26 bits per heavy atom. The summed E-state index contributed by atoms with van der Waals surface area (Å²) in [7, 11) is 0. The van der Waals surface area contributed by atoms with Crippen LogP contribution in [0.3, 0.4) is 0 Å². The van der Waals surface area contributed by atoms with Gasteiger partial charge < -0.3 is 10.1 Å². The zero-order valence-electron chi connectivity index (χ0n) is 13.0. The van der Waals surface area contributed by atoms with Crippen LogP contribution in [-0.2, 0) is 4.74 Å². The van der Waals surface area contributed by atoms with Crippen LogP contribution in [0, 0.1) is 17.8 Å². The fourth-order valence-corrected chi connectivity index (χ4v) is 3.92. The third-order valence-corrected chi connectivity index (χ3v) is 4.62. The average molecular weight is 265 g/mol. The minimum Gasteiger partial charge on any atom is -0.378 e. The molecule has 2 aliphatic rings. The molecule has 2 nitrogen and oxygen atoms in total. The van der Waals surface area contributed by atoms with Gasteiger partial charge in [-0.25, -0.2) is 0 Å². The first-order valence-electron chi connectivity index (χ1n) is 8.20. The quantitative estimate of drug-likeness (QED) is 0.603. The lowest BCUT2D eigenvalue weighted by atomic mass is 9.75. The van der Waals surface area contributed by atoms with E-state index in [4.69, 9.17) is 4.74 Å². The van der Waals surface area contributed by atoms with Crippen molar-refractivity contribution in [1.82, 2.24) is 5.32 Å². The summed E-state index contributed by atoms with van der Waals surface area (Å²) in [6.45, 7) is 10.1. The molecule has 0 aromatic rings. The largest absolute Gasteiger partial charge is 0.378 e. The van der Waals surface area contributed by atoms with E-state index in [-0.39, 0.29) is 0 Å². The van der Waals surface area contributed by atoms with Gasteiger partial charge in [-0.05, 0) is 63.3 Å². The number of nitrogens with one attached hydrogen (secondary N) is 1. The Kier molecular flexibility index (Phi) is 5.90. The molecule has 4 unspecified atom stereocenters. The van der Waals surface area contributed by atoms with E-state index in [9.17, 15) is 0 Å². The van der Waals surface area contributed by atoms with Gasteiger partial charge >= 0.3 is 0 Å². The van der Waals surface area contributed by atoms with Gasteiger partial charge in [0.1, 0.15) is 0 Å². The zero-order valence-corrected chi connectivity index (χ0v) is 13.0. The van der Waals surface area contributed by atoms with Crippen molar-refractivity contribution in [2.75, 3.05) is 19.7 Å². The van der Waals surface area contributed by atoms with Crippen LogP contribution < -0.4 is 5.32 Å². The van der Waals surface area contributed by atoms with Gasteiger partial charge in [-0.3, -0.25) is 0 Å². The molecule has 2 heteroatoms. The van der Waals surface area contributed by atoms with Gasteiger partial charge in [0.2, 0.25) is 0 Å². The van der Waals surface area contributed by atoms with E-state index in [1.165, 1.54) is 32.1 Å². The molecule has 0 saturated carbocycles. The van der Waals surface area contributed by atoms with Crippen molar-refractivity contribution in [3.63, 3.8) is 0 Å². The van der Waals surface area contributed by atoms with E-state index in [0.717, 1.165) is 37.5 Å². The van der Waals surface area contributed by atoms with Crippen LogP contribution in [0.15, 0.2) is 11.6 Å². The van der Waals surface area contributed by atoms with Gasteiger partial charge in [-0.15, -0.1) is 0 Å². The molecule has 1 aliphatic heterocycles. The summed E-state index contributed by atoms with van der Waals surface area (Å²) in [5, 5.41) is 3.60. The van der Waals surface area contributed by atoms with Gasteiger partial charge in [-0.2, -0.15) is 0 Å². The highest BCUT2D eigenvalue weighted by Crippen LogP contribution is 2.36. The van der Waals surface area contributed by atoms with E-state index < -0.39 is 0 Å². The number of allylic oxidation sites excluding steroid dienone is 2. The Bertz CT molecular complexity index is 300. The predicted octanol–water partition coefficient (Wildman–Crippen LogP) is 3.77. The highest BCUT2D eigenvalue weighted by atomic mass is 16.5. The van der Waals surface area contributed by atoms with E-state index in [2.05, 4.69) is 32.2 Å². The summed E-state index contributed by atoms with van der Waals surface area (Å²) < 4.78 is 6.19. The molecule has 0 radical (unpaired) electrons. The molecule has 1 fully saturated rings. The maximum Gasteiger partial charge on any atom is 0.0646 e. The monoisotopic (exact) mass is 265 g/mol. The lowest BCUT2D eigenvalue weighted by Gasteiger charge is -2.40. The van der Waals surface area contributed by atoms with Gasteiger partial charge in [-0.1, -0.05) is 25.5 Å². The topological polar surface area (TPSA) is 21.3 Å². The summed E-state index contributed by atoms with van der Waals surface area (Å²) in [4.78, 5) is 0. The molecular formula is C17H31NO. The van der Waals surface area contributed by atoms with Crippen molar-refractivity contribution >= 4 is 0 Å². The van der Waals surface area contributed by atoms with E-state index in [1.807, 2.05) is 0 Å². The van der Waals surface area contributed by atoms with Crippen molar-refractivity contribution in [2.45, 2.75) is 59.0 Å². The lowest BCUT2D eigenvalue weighted by molar-refractivity contribution is -0.0648. The molecule has 19 heavy (non-hydrogen) atoms. The molecule has 0 spiro atoms. The van der Waals surface area contributed by atoms with Crippen molar-refractivity contribution in [2.24, 2.45) is 17.8 Å². The molecule has 1 aliphatic carbocycles. The fourth-order valence-electron chi connectivity index (χ4n) is 3.92. The molecule has 1 N–H and O–H groups in total. The molecule has 1 saturated heterocycles. The molecular weight excluding hydrogens is 234 g/mol. The standard InChI is InChI=1S/C17H31NO/c1-4-7-18-12-15-6-5-8-19-17(15)16-10-13(2)9-14(3)11-16/h9,13,15-18H,4-8,10-12H2,1-3H3. The fraction of sp³-hybridized carbons (Fsp3) is 0.882. The summed E-state index contributed by atoms with van der Waals surface area (Å²) in [5.74, 6) is 2.20. The summed E-state index contributed by atoms with van der Waals surface area (Å²) in [6.07, 6.45) is 9.31. The number of ether oxygens (including phenoxy) is 1. The van der Waals surface area contributed by atoms with Gasteiger partial charge in [0.25, 0.3) is 0 Å². The molecule has 2 rings (SSSR count). The third-order valence-electron chi connectivity index (χ3n) is 4.62. The van der Waals surface area contributed by atoms with Crippen LogP contribution in [0.1, 0.15) is 52.9 Å². The van der Waals surface area contributed by atoms with Crippen molar-refractivity contribution in [3.8, 4) is 0 Å². The maximum absolute atomic E-state index is 6.19. The first-order valence-corrected chi connectivity index (χ1v) is 8.20. The van der Waals surface area contributed by atoms with Crippen LogP contribution in [0.25, 0.3) is 0 Å². The highest BCUT2D eigenvalue weighted by molar-refractivity contribution is 5.08. The van der Waals surface area contributed by atoms with Gasteiger partial charge in [0.05, 0.1) is 6.10 Å². The van der Waals surface area contributed by atoms with Crippen molar-refractivity contribution in [3.05, 3.63) is 11.6 Å². The van der Waals surface area contributed by atoms with Gasteiger partial charge in [0.15, 0.2) is 0 Å². The van der Waals surface area contributed by atoms with Gasteiger partial charge in [0, 0.05) is 13.2 Å². The lowest BCUT2D eigenvalue weighted by Crippen LogP contribution is -2.42. The van der Waals surface area contributed by atoms with E-state index >= 15 is 0 Å². The summed E-state index contributed by atoms with van der Waals surface area (Å²) in [5.41, 5.74) is 1.57. The summed E-state index contributed by atoms with van der Waals surface area (Å²) >= 11 is 0. The second kappa shape index (κ2) is 7.44. The first kappa shape index (κ1) is 15.1. The van der Waals surface area contributed by atoms with Crippen LogP contribution >= 0.6 is 0 Å². The van der Waals surface area contributed by atoms with E-state index in [0.29, 0.717) is 6.10 Å². The minimum absolute atomic E-state index is 0.490. The van der Waals surface area contributed by atoms with Crippen LogP contribution in [0.5, 0.6) is 0 Å². The van der Waals surface area contributed by atoms with Crippen LogP contribution in [-0.4, -0.2) is 25.8 Å². The van der Waals surface area contributed by atoms with E-state index in [1.54, 1.807) is 5.57 Å². The second-order valence-corrected chi connectivity index (χ2v) is 6.63. The number of hydrogen-bond donors (Lipinski definition) is 1. The first-order chi connectivity index (χ1) is 9.20. The normalized spacial score (nSPS) is 36.1. The Morgan fingerprint density at radius 3 is 3.00 bits per heavy atom. The molecule has 1 heterocycles. The molecule has 0 aromatic carbocycles. The molecule has 0 aromatic heterocycles. The second-order valence-electron chi connectivity index (χ2n) is 6.63. The van der Waals surface area contributed by atoms with Crippen molar-refractivity contribution < 1.29 is 4.74 Å². The molecule has 0 bridgehead atoms. The Hall–Kier alpha value is -0.340. The summed E-state index contributed by atoms with van der Waals surface area (Å²) in [6, 6.07) is 0. The highest BCUT2D eigenvalue weighted by Gasteiger charge is 2.34. The predicted molar refractivity (Wildman–Crippen MR) is 81.3 cm³/mol. The Labute approximate surface area is 119 Å². The smallest absolute Gasteiger partial charge is 0.0646 e. The SMILES string of the molecule is CCCNCC1CCCOC1C1CC(C)=CC(C)C1. The Morgan fingerprint density at radius 1 is 1.42 bits per heavy atom. The molecule has 110 valence electrons. The zero-order chi connectivity index (χ0) is 13.7. The average Bonchev–Trinajstić information content (AvgIpc) is 2.38. The van der Waals surface area contributed by atoms with Crippen LogP contribution in [0.2, 0.25) is 0 Å². The van der Waals surface area contributed by atoms with Crippen molar-refractivity contribution in [1.29, 1.82) is 0 Å². The molecule has 4 atom stereocenters. The Balaban J connectivity index is 1.93. The van der Waals surface area contributed by atoms with Crippen LogP contribution in [0.4, 0.5) is 0 Å². The minimum atomic E-state index is 0.490. The number of rotatable bonds is 5. The molecule has 0 amide bonds. The maximum atomic E-state index is 6.19. The third kappa shape index (κ3) is 4.32.